The van der Waals surface area contributed by atoms with Gasteiger partial charge in [-0.05, 0) is 18.9 Å². The van der Waals surface area contributed by atoms with E-state index in [-0.39, 0.29) is 24.3 Å². The van der Waals surface area contributed by atoms with Gasteiger partial charge in [0.05, 0.1) is 5.92 Å². The number of aliphatic carboxylic acids is 1. The predicted molar refractivity (Wildman–Crippen MR) is 62.8 cm³/mol. The number of likely N-dealkylation sites (tertiary alicyclic amines) is 1. The fourth-order valence-corrected chi connectivity index (χ4v) is 2.90. The number of alkyl halides is 3. The molecule has 8 heteroatoms. The lowest BCUT2D eigenvalue weighted by atomic mass is 9.86. The van der Waals surface area contributed by atoms with Gasteiger partial charge in [0, 0.05) is 19.6 Å². The van der Waals surface area contributed by atoms with Crippen LogP contribution < -0.4 is 5.32 Å². The monoisotopic (exact) mass is 294 g/mol. The van der Waals surface area contributed by atoms with Gasteiger partial charge in [-0.25, -0.2) is 0 Å². The molecule has 0 radical (unpaired) electrons. The van der Waals surface area contributed by atoms with Crippen molar-refractivity contribution in [2.24, 2.45) is 17.3 Å². The molecule has 5 nitrogen and oxygen atoms in total. The summed E-state index contributed by atoms with van der Waals surface area (Å²) in [6, 6.07) is 0. The van der Waals surface area contributed by atoms with Crippen molar-refractivity contribution in [3.05, 3.63) is 0 Å². The molecule has 0 spiro atoms. The molecule has 0 saturated carbocycles. The van der Waals surface area contributed by atoms with Gasteiger partial charge in [-0.1, -0.05) is 6.92 Å². The Morgan fingerprint density at radius 2 is 2.00 bits per heavy atom. The highest BCUT2D eigenvalue weighted by Gasteiger charge is 2.64. The van der Waals surface area contributed by atoms with Crippen LogP contribution in [0.15, 0.2) is 0 Å². The van der Waals surface area contributed by atoms with Crippen LogP contribution in [0.25, 0.3) is 0 Å². The number of carboxylic acid groups (broad SMARTS) is 1. The maximum Gasteiger partial charge on any atom is 0.406 e. The van der Waals surface area contributed by atoms with Gasteiger partial charge in [0.2, 0.25) is 5.91 Å². The lowest BCUT2D eigenvalue weighted by Crippen LogP contribution is -2.48. The van der Waals surface area contributed by atoms with Crippen molar-refractivity contribution in [1.29, 1.82) is 0 Å². The molecule has 1 amide bonds. The van der Waals surface area contributed by atoms with Crippen molar-refractivity contribution in [3.63, 3.8) is 0 Å². The van der Waals surface area contributed by atoms with E-state index in [0.717, 1.165) is 4.90 Å². The third-order valence-corrected chi connectivity index (χ3v) is 4.37. The van der Waals surface area contributed by atoms with Crippen LogP contribution in [0.4, 0.5) is 13.2 Å². The molecule has 0 aromatic carbocycles. The second-order valence-corrected chi connectivity index (χ2v) is 5.64. The fourth-order valence-electron chi connectivity index (χ4n) is 2.90. The van der Waals surface area contributed by atoms with E-state index in [4.69, 9.17) is 5.11 Å². The number of hydrogen-bond acceptors (Lipinski definition) is 3. The van der Waals surface area contributed by atoms with E-state index in [9.17, 15) is 22.8 Å². The molecule has 2 fully saturated rings. The molecule has 2 saturated heterocycles. The van der Waals surface area contributed by atoms with Gasteiger partial charge in [-0.3, -0.25) is 9.59 Å². The molecule has 0 aromatic rings. The third kappa shape index (κ3) is 2.25. The second kappa shape index (κ2) is 4.91. The third-order valence-electron chi connectivity index (χ3n) is 4.37. The van der Waals surface area contributed by atoms with Gasteiger partial charge in [-0.2, -0.15) is 13.2 Å². The summed E-state index contributed by atoms with van der Waals surface area (Å²) in [6.07, 6.45) is -5.43. The first kappa shape index (κ1) is 15.1. The van der Waals surface area contributed by atoms with Crippen LogP contribution in [0, 0.1) is 17.3 Å². The highest BCUT2D eigenvalue weighted by atomic mass is 19.4. The Balaban J connectivity index is 2.15. The largest absolute Gasteiger partial charge is 0.481 e. The van der Waals surface area contributed by atoms with Crippen LogP contribution >= 0.6 is 0 Å². The molecule has 114 valence electrons. The number of halogens is 3. The second-order valence-electron chi connectivity index (χ2n) is 5.64. The fraction of sp³-hybridized carbons (Fsp3) is 0.833. The van der Waals surface area contributed by atoms with Gasteiger partial charge in [0.15, 0.2) is 5.41 Å². The summed E-state index contributed by atoms with van der Waals surface area (Å²) in [5.41, 5.74) is -2.82. The summed E-state index contributed by atoms with van der Waals surface area (Å²) in [7, 11) is 0. The Morgan fingerprint density at radius 1 is 1.35 bits per heavy atom. The average Bonchev–Trinajstić information content (AvgIpc) is 2.93. The van der Waals surface area contributed by atoms with Crippen molar-refractivity contribution >= 4 is 11.9 Å². The van der Waals surface area contributed by atoms with Crippen LogP contribution in [0.5, 0.6) is 0 Å². The number of rotatable bonds is 2. The topological polar surface area (TPSA) is 69.6 Å². The minimum atomic E-state index is -4.85. The van der Waals surface area contributed by atoms with Gasteiger partial charge < -0.3 is 15.3 Å². The summed E-state index contributed by atoms with van der Waals surface area (Å²) < 4.78 is 39.1. The van der Waals surface area contributed by atoms with Crippen molar-refractivity contribution in [2.45, 2.75) is 19.5 Å². The Morgan fingerprint density at radius 3 is 2.40 bits per heavy atom. The van der Waals surface area contributed by atoms with Crippen molar-refractivity contribution in [1.82, 2.24) is 10.2 Å². The summed E-state index contributed by atoms with van der Waals surface area (Å²) in [6.45, 7) is 1.99. The van der Waals surface area contributed by atoms with Crippen LogP contribution in [-0.2, 0) is 9.59 Å². The van der Waals surface area contributed by atoms with Crippen molar-refractivity contribution < 1.29 is 27.9 Å². The van der Waals surface area contributed by atoms with E-state index >= 15 is 0 Å². The Labute approximate surface area is 114 Å². The number of carbonyl (C=O) groups excluding carboxylic acids is 1. The van der Waals surface area contributed by atoms with Gasteiger partial charge >= 0.3 is 12.1 Å². The first-order valence-corrected chi connectivity index (χ1v) is 6.48. The molecule has 2 aliphatic heterocycles. The average molecular weight is 294 g/mol. The lowest BCUT2D eigenvalue weighted by molar-refractivity contribution is -0.227. The highest BCUT2D eigenvalue weighted by Crippen LogP contribution is 2.46. The van der Waals surface area contributed by atoms with E-state index in [1.165, 1.54) is 0 Å². The van der Waals surface area contributed by atoms with Gasteiger partial charge in [0.1, 0.15) is 0 Å². The van der Waals surface area contributed by atoms with Gasteiger partial charge in [0.25, 0.3) is 0 Å². The van der Waals surface area contributed by atoms with E-state index in [2.05, 4.69) is 5.32 Å². The van der Waals surface area contributed by atoms with Crippen LogP contribution in [0.3, 0.4) is 0 Å². The first-order valence-electron chi connectivity index (χ1n) is 6.48. The lowest BCUT2D eigenvalue weighted by Gasteiger charge is -2.28. The number of carbonyl (C=O) groups is 2. The molecule has 20 heavy (non-hydrogen) atoms. The summed E-state index contributed by atoms with van der Waals surface area (Å²) in [5.74, 6) is -2.60. The minimum Gasteiger partial charge on any atom is -0.481 e. The zero-order valence-corrected chi connectivity index (χ0v) is 11.0. The molecule has 0 aromatic heterocycles. The van der Waals surface area contributed by atoms with Gasteiger partial charge in [-0.15, -0.1) is 0 Å². The highest BCUT2D eigenvalue weighted by molar-refractivity contribution is 5.83. The summed E-state index contributed by atoms with van der Waals surface area (Å²) in [5, 5.41) is 12.0. The van der Waals surface area contributed by atoms with Crippen LogP contribution in [-0.4, -0.2) is 54.2 Å². The van der Waals surface area contributed by atoms with Crippen LogP contribution in [0.2, 0.25) is 0 Å². The quantitative estimate of drug-likeness (QED) is 0.787. The number of amides is 1. The Hall–Kier alpha value is -1.31. The SMILES string of the molecule is C[C@@H]1CNC[C@H]1C(=O)N1CCC(C(=O)O)(C(F)(F)F)C1. The van der Waals surface area contributed by atoms with E-state index in [1.807, 2.05) is 6.92 Å². The molecular formula is C12H17F3N2O3. The maximum atomic E-state index is 13.0. The van der Waals surface area contributed by atoms with E-state index < -0.39 is 30.5 Å². The molecule has 2 aliphatic rings. The first-order chi connectivity index (χ1) is 9.19. The zero-order valence-electron chi connectivity index (χ0n) is 11.0. The number of carboxylic acids is 1. The molecule has 0 aliphatic carbocycles. The van der Waals surface area contributed by atoms with E-state index in [0.29, 0.717) is 13.1 Å². The minimum absolute atomic E-state index is 0.0493. The number of nitrogens with one attached hydrogen (secondary N) is 1. The molecular weight excluding hydrogens is 277 g/mol. The smallest absolute Gasteiger partial charge is 0.406 e. The Kier molecular flexibility index (Phi) is 3.70. The Bertz CT molecular complexity index is 427. The van der Waals surface area contributed by atoms with Crippen molar-refractivity contribution in [2.75, 3.05) is 26.2 Å². The molecule has 1 unspecified atom stereocenters. The molecule has 2 rings (SSSR count). The zero-order chi connectivity index (χ0) is 15.1. The molecule has 3 atom stereocenters. The molecule has 2 heterocycles. The standard InChI is InChI=1S/C12H17F3N2O3/c1-7-4-16-5-8(7)9(18)17-3-2-11(6-17,10(19)20)12(13,14)15/h7-8,16H,2-6H2,1H3,(H,19,20)/t7-,8-,11?/m1/s1. The predicted octanol–water partition coefficient (Wildman–Crippen LogP) is 0.707. The number of nitrogens with zero attached hydrogens (tertiary/aromatic N) is 1. The maximum absolute atomic E-state index is 13.0. The number of hydrogen-bond donors (Lipinski definition) is 2. The van der Waals surface area contributed by atoms with Crippen molar-refractivity contribution in [3.8, 4) is 0 Å². The summed E-state index contributed by atoms with van der Waals surface area (Å²) >= 11 is 0. The van der Waals surface area contributed by atoms with Crippen LogP contribution in [0.1, 0.15) is 13.3 Å². The van der Waals surface area contributed by atoms with E-state index in [1.54, 1.807) is 0 Å². The molecule has 0 bridgehead atoms. The normalized spacial score (nSPS) is 34.5. The summed E-state index contributed by atoms with van der Waals surface area (Å²) in [4.78, 5) is 24.3. The molecule has 2 N–H and O–H groups in total.